The second-order valence-electron chi connectivity index (χ2n) is 5.15. The van der Waals surface area contributed by atoms with E-state index in [0.717, 1.165) is 12.1 Å². The lowest BCUT2D eigenvalue weighted by atomic mass is 10.2. The highest BCUT2D eigenvalue weighted by Crippen LogP contribution is 2.27. The average Bonchev–Trinajstić information content (AvgIpc) is 2.62. The molecular formula is C18H19F2N3O3. The van der Waals surface area contributed by atoms with Crippen LogP contribution in [0.2, 0.25) is 0 Å². The number of carbonyl (C=O) groups is 1. The Hall–Kier alpha value is -3.16. The molecule has 0 radical (unpaired) electrons. The number of hydrogen-bond donors (Lipinski definition) is 2. The van der Waals surface area contributed by atoms with E-state index in [9.17, 15) is 13.6 Å². The molecule has 2 aromatic rings. The highest BCUT2D eigenvalue weighted by molar-refractivity contribution is 5.81. The van der Waals surface area contributed by atoms with E-state index >= 15 is 0 Å². The summed E-state index contributed by atoms with van der Waals surface area (Å²) < 4.78 is 37.0. The molecule has 0 unspecified atom stereocenters. The quantitative estimate of drug-likeness (QED) is 0.559. The standard InChI is InChI=1S/C18H19F2N3O3/c1-3-21-18(24)11-26-16-7-4-12(8-17(16)25-2)10-22-23-15-6-5-13(19)9-14(15)20/h4-10,23H,3,11H2,1-2H3,(H,21,24)/b22-10-. The smallest absolute Gasteiger partial charge is 0.257 e. The first-order valence-corrected chi connectivity index (χ1v) is 7.85. The lowest BCUT2D eigenvalue weighted by molar-refractivity contribution is -0.123. The van der Waals surface area contributed by atoms with Gasteiger partial charge in [-0.05, 0) is 42.8 Å². The van der Waals surface area contributed by atoms with Gasteiger partial charge in [0.1, 0.15) is 5.82 Å². The van der Waals surface area contributed by atoms with Crippen LogP contribution in [-0.2, 0) is 4.79 Å². The largest absolute Gasteiger partial charge is 0.493 e. The highest BCUT2D eigenvalue weighted by atomic mass is 19.1. The molecule has 0 aromatic heterocycles. The van der Waals surface area contributed by atoms with Crippen molar-refractivity contribution >= 4 is 17.8 Å². The predicted molar refractivity (Wildman–Crippen MR) is 94.7 cm³/mol. The fourth-order valence-corrected chi connectivity index (χ4v) is 2.03. The summed E-state index contributed by atoms with van der Waals surface area (Å²) in [6.07, 6.45) is 1.44. The third-order valence-corrected chi connectivity index (χ3v) is 3.25. The first-order chi connectivity index (χ1) is 12.5. The number of likely N-dealkylation sites (N-methyl/N-ethyl adjacent to an activating group) is 1. The van der Waals surface area contributed by atoms with Crippen LogP contribution in [0, 0.1) is 11.6 Å². The van der Waals surface area contributed by atoms with E-state index < -0.39 is 11.6 Å². The molecule has 2 N–H and O–H groups in total. The number of hydrazone groups is 1. The van der Waals surface area contributed by atoms with Gasteiger partial charge in [-0.1, -0.05) is 0 Å². The Bertz CT molecular complexity index is 797. The number of ether oxygens (including phenoxy) is 2. The summed E-state index contributed by atoms with van der Waals surface area (Å²) in [5, 5.41) is 6.54. The minimum atomic E-state index is -0.742. The Morgan fingerprint density at radius 2 is 2.00 bits per heavy atom. The molecule has 0 heterocycles. The Labute approximate surface area is 149 Å². The molecule has 0 aliphatic carbocycles. The van der Waals surface area contributed by atoms with Crippen molar-refractivity contribution in [2.75, 3.05) is 25.7 Å². The molecular weight excluding hydrogens is 344 g/mol. The Balaban J connectivity index is 2.02. The first-order valence-electron chi connectivity index (χ1n) is 7.85. The number of rotatable bonds is 8. The first kappa shape index (κ1) is 19.2. The topological polar surface area (TPSA) is 72.0 Å². The lowest BCUT2D eigenvalue weighted by Crippen LogP contribution is -2.28. The fraction of sp³-hybridized carbons (Fsp3) is 0.222. The van der Waals surface area contributed by atoms with Crippen molar-refractivity contribution < 1.29 is 23.0 Å². The van der Waals surface area contributed by atoms with Gasteiger partial charge in [0.25, 0.3) is 5.91 Å². The number of hydrogen-bond acceptors (Lipinski definition) is 5. The fourth-order valence-electron chi connectivity index (χ4n) is 2.03. The van der Waals surface area contributed by atoms with Crippen molar-refractivity contribution in [3.8, 4) is 11.5 Å². The molecule has 0 aliphatic rings. The monoisotopic (exact) mass is 363 g/mol. The molecule has 26 heavy (non-hydrogen) atoms. The van der Waals surface area contributed by atoms with Gasteiger partial charge in [0.15, 0.2) is 23.9 Å². The molecule has 0 saturated carbocycles. The van der Waals surface area contributed by atoms with Crippen molar-refractivity contribution in [2.24, 2.45) is 5.10 Å². The SMILES string of the molecule is CCNC(=O)COc1ccc(/C=N\Nc2ccc(F)cc2F)cc1OC. The molecule has 0 saturated heterocycles. The summed E-state index contributed by atoms with van der Waals surface area (Å²) in [5.74, 6) is -0.802. The third-order valence-electron chi connectivity index (χ3n) is 3.25. The van der Waals surface area contributed by atoms with E-state index in [4.69, 9.17) is 9.47 Å². The minimum absolute atomic E-state index is 0.0523. The second-order valence-corrected chi connectivity index (χ2v) is 5.15. The number of anilines is 1. The van der Waals surface area contributed by atoms with Crippen molar-refractivity contribution in [1.29, 1.82) is 0 Å². The maximum Gasteiger partial charge on any atom is 0.257 e. The van der Waals surface area contributed by atoms with Crippen LogP contribution in [0.15, 0.2) is 41.5 Å². The van der Waals surface area contributed by atoms with Crippen molar-refractivity contribution in [3.63, 3.8) is 0 Å². The maximum absolute atomic E-state index is 13.5. The molecule has 1 amide bonds. The zero-order chi connectivity index (χ0) is 18.9. The average molecular weight is 363 g/mol. The number of methoxy groups -OCH3 is 1. The van der Waals surface area contributed by atoms with Gasteiger partial charge in [0.05, 0.1) is 19.0 Å². The minimum Gasteiger partial charge on any atom is -0.493 e. The van der Waals surface area contributed by atoms with Crippen LogP contribution >= 0.6 is 0 Å². The molecule has 6 nitrogen and oxygen atoms in total. The van der Waals surface area contributed by atoms with E-state index in [2.05, 4.69) is 15.8 Å². The normalized spacial score (nSPS) is 10.6. The van der Waals surface area contributed by atoms with Crippen molar-refractivity contribution in [2.45, 2.75) is 6.92 Å². The summed E-state index contributed by atoms with van der Waals surface area (Å²) in [5.41, 5.74) is 3.20. The van der Waals surface area contributed by atoms with Gasteiger partial charge < -0.3 is 14.8 Å². The molecule has 0 aliphatic heterocycles. The van der Waals surface area contributed by atoms with Gasteiger partial charge in [-0.3, -0.25) is 10.2 Å². The summed E-state index contributed by atoms with van der Waals surface area (Å²) >= 11 is 0. The van der Waals surface area contributed by atoms with E-state index in [1.807, 2.05) is 6.92 Å². The molecule has 0 atom stereocenters. The number of amides is 1. The summed E-state index contributed by atoms with van der Waals surface area (Å²) in [4.78, 5) is 11.4. The predicted octanol–water partition coefficient (Wildman–Crippen LogP) is 2.93. The maximum atomic E-state index is 13.5. The van der Waals surface area contributed by atoms with Gasteiger partial charge in [-0.15, -0.1) is 0 Å². The van der Waals surface area contributed by atoms with Crippen LogP contribution in [0.5, 0.6) is 11.5 Å². The van der Waals surface area contributed by atoms with Crippen molar-refractivity contribution in [3.05, 3.63) is 53.6 Å². The highest BCUT2D eigenvalue weighted by Gasteiger charge is 2.08. The molecule has 138 valence electrons. The third kappa shape index (κ3) is 5.44. The molecule has 2 rings (SSSR count). The van der Waals surface area contributed by atoms with Crippen LogP contribution in [0.4, 0.5) is 14.5 Å². The lowest BCUT2D eigenvalue weighted by Gasteiger charge is -2.11. The van der Waals surface area contributed by atoms with Gasteiger partial charge in [-0.25, -0.2) is 8.78 Å². The molecule has 0 spiro atoms. The number of nitrogens with zero attached hydrogens (tertiary/aromatic N) is 1. The van der Waals surface area contributed by atoms with Gasteiger partial charge in [0.2, 0.25) is 0 Å². The van der Waals surface area contributed by atoms with Gasteiger partial charge >= 0.3 is 0 Å². The van der Waals surface area contributed by atoms with E-state index in [0.29, 0.717) is 23.6 Å². The Morgan fingerprint density at radius 1 is 1.19 bits per heavy atom. The number of benzene rings is 2. The number of halogens is 2. The van der Waals surface area contributed by atoms with Crippen molar-refractivity contribution in [1.82, 2.24) is 5.32 Å². The van der Waals surface area contributed by atoms with Crippen LogP contribution in [-0.4, -0.2) is 32.4 Å². The Kier molecular flexibility index (Phi) is 6.90. The Morgan fingerprint density at radius 3 is 2.69 bits per heavy atom. The van der Waals surface area contributed by atoms with Gasteiger partial charge in [0, 0.05) is 12.6 Å². The summed E-state index contributed by atoms with van der Waals surface area (Å²) in [6, 6.07) is 8.13. The molecule has 8 heteroatoms. The van der Waals surface area contributed by atoms with Gasteiger partial charge in [-0.2, -0.15) is 5.10 Å². The van der Waals surface area contributed by atoms with Crippen LogP contribution < -0.4 is 20.2 Å². The second kappa shape index (κ2) is 9.36. The van der Waals surface area contributed by atoms with Crippen LogP contribution in [0.3, 0.4) is 0 Å². The van der Waals surface area contributed by atoms with E-state index in [1.54, 1.807) is 18.2 Å². The zero-order valence-electron chi connectivity index (χ0n) is 14.4. The summed E-state index contributed by atoms with van der Waals surface area (Å²) in [7, 11) is 1.47. The summed E-state index contributed by atoms with van der Waals surface area (Å²) in [6.45, 7) is 2.22. The van der Waals surface area contributed by atoms with Crippen LogP contribution in [0.25, 0.3) is 0 Å². The van der Waals surface area contributed by atoms with E-state index in [-0.39, 0.29) is 18.2 Å². The number of nitrogens with one attached hydrogen (secondary N) is 2. The molecule has 0 bridgehead atoms. The van der Waals surface area contributed by atoms with E-state index in [1.165, 1.54) is 19.4 Å². The zero-order valence-corrected chi connectivity index (χ0v) is 14.4. The van der Waals surface area contributed by atoms with Crippen LogP contribution in [0.1, 0.15) is 12.5 Å². The number of carbonyl (C=O) groups excluding carboxylic acids is 1. The molecule has 0 fully saturated rings. The molecule has 2 aromatic carbocycles.